The molecule has 1 aromatic carbocycles. The number of aryl methyl sites for hydroxylation is 2. The molecule has 0 spiro atoms. The molecule has 2 heterocycles. The highest BCUT2D eigenvalue weighted by Gasteiger charge is 2.26. The summed E-state index contributed by atoms with van der Waals surface area (Å²) < 4.78 is 13.5. The Balaban J connectivity index is 1.86. The predicted octanol–water partition coefficient (Wildman–Crippen LogP) is 3.28. The molecule has 0 fully saturated rings. The lowest BCUT2D eigenvalue weighted by atomic mass is 10.1. The molecule has 21 heavy (non-hydrogen) atoms. The van der Waals surface area contributed by atoms with Crippen LogP contribution in [0, 0.1) is 17.1 Å². The van der Waals surface area contributed by atoms with E-state index in [9.17, 15) is 9.65 Å². The molecule has 104 valence electrons. The van der Waals surface area contributed by atoms with Crippen LogP contribution in [0.25, 0.3) is 0 Å². The molecule has 2 aromatic rings. The highest BCUT2D eigenvalue weighted by molar-refractivity contribution is 5.72. The van der Waals surface area contributed by atoms with Crippen molar-refractivity contribution in [3.05, 3.63) is 52.5 Å². The molecule has 0 N–H and O–H groups in total. The molecule has 0 saturated carbocycles. The van der Waals surface area contributed by atoms with Crippen molar-refractivity contribution in [1.82, 2.24) is 4.98 Å². The summed E-state index contributed by atoms with van der Waals surface area (Å²) in [6.07, 6.45) is 3.93. The van der Waals surface area contributed by atoms with E-state index in [0.29, 0.717) is 11.4 Å². The summed E-state index contributed by atoms with van der Waals surface area (Å²) in [5, 5.41) is 9.42. The number of hydrogen-bond acceptors (Lipinski definition) is 3. The smallest absolute Gasteiger partial charge is 0.151 e. The van der Waals surface area contributed by atoms with E-state index in [0.717, 1.165) is 49.2 Å². The largest absolute Gasteiger partial charge is 0.325 e. The molecule has 0 radical (unpaired) electrons. The molecule has 1 aliphatic carbocycles. The van der Waals surface area contributed by atoms with Crippen molar-refractivity contribution in [2.75, 3.05) is 11.4 Å². The summed E-state index contributed by atoms with van der Waals surface area (Å²) >= 11 is 0. The number of nitrogens with zero attached hydrogens (tertiary/aromatic N) is 3. The highest BCUT2D eigenvalue weighted by atomic mass is 19.1. The Hall–Kier alpha value is -2.41. The third kappa shape index (κ3) is 1.89. The molecule has 2 aliphatic rings. The van der Waals surface area contributed by atoms with Gasteiger partial charge >= 0.3 is 0 Å². The van der Waals surface area contributed by atoms with Gasteiger partial charge in [0.1, 0.15) is 11.9 Å². The van der Waals surface area contributed by atoms with Crippen LogP contribution in [0.4, 0.5) is 15.9 Å². The molecule has 3 nitrogen and oxygen atoms in total. The summed E-state index contributed by atoms with van der Waals surface area (Å²) in [4.78, 5) is 6.70. The normalized spacial score (nSPS) is 15.7. The first-order chi connectivity index (χ1) is 10.3. The van der Waals surface area contributed by atoms with E-state index in [-0.39, 0.29) is 5.82 Å². The number of fused-ring (bicyclic) bond motifs is 2. The maximum absolute atomic E-state index is 13.5. The van der Waals surface area contributed by atoms with Gasteiger partial charge in [0.25, 0.3) is 0 Å². The summed E-state index contributed by atoms with van der Waals surface area (Å²) in [5.74, 6) is 0.433. The monoisotopic (exact) mass is 279 g/mol. The minimum atomic E-state index is -0.250. The minimum Gasteiger partial charge on any atom is -0.325 e. The molecule has 4 heteroatoms. The average Bonchev–Trinajstić information content (AvgIpc) is 3.10. The molecular formula is C17H14FN3. The summed E-state index contributed by atoms with van der Waals surface area (Å²) in [5.41, 5.74) is 4.83. The number of halogens is 1. The van der Waals surface area contributed by atoms with Crippen molar-refractivity contribution in [3.8, 4) is 6.07 Å². The van der Waals surface area contributed by atoms with Gasteiger partial charge in [0.15, 0.2) is 5.82 Å². The molecule has 0 saturated heterocycles. The van der Waals surface area contributed by atoms with Gasteiger partial charge in [-0.3, -0.25) is 0 Å². The van der Waals surface area contributed by atoms with Crippen molar-refractivity contribution in [2.45, 2.75) is 25.7 Å². The van der Waals surface area contributed by atoms with E-state index in [4.69, 9.17) is 4.98 Å². The van der Waals surface area contributed by atoms with Crippen molar-refractivity contribution in [3.63, 3.8) is 0 Å². The topological polar surface area (TPSA) is 39.9 Å². The van der Waals surface area contributed by atoms with Crippen LogP contribution in [0.1, 0.15) is 28.8 Å². The quantitative estimate of drug-likeness (QED) is 0.804. The van der Waals surface area contributed by atoms with Gasteiger partial charge in [-0.15, -0.1) is 0 Å². The average molecular weight is 279 g/mol. The van der Waals surface area contributed by atoms with E-state index in [1.165, 1.54) is 11.6 Å². The molecule has 4 rings (SSSR count). The fourth-order valence-electron chi connectivity index (χ4n) is 3.32. The van der Waals surface area contributed by atoms with Gasteiger partial charge in [-0.25, -0.2) is 9.37 Å². The van der Waals surface area contributed by atoms with Gasteiger partial charge in [0.2, 0.25) is 0 Å². The first-order valence-corrected chi connectivity index (χ1v) is 7.25. The van der Waals surface area contributed by atoms with E-state index < -0.39 is 0 Å². The standard InChI is InChI=1S/C17H14FN3/c18-14-5-4-11-6-7-21(16(11)9-14)17-13(10-19)8-12-2-1-3-15(12)20-17/h4-5,8-9H,1-3,6-7H2. The number of aromatic nitrogens is 1. The number of hydrogen-bond donors (Lipinski definition) is 0. The highest BCUT2D eigenvalue weighted by Crippen LogP contribution is 2.37. The van der Waals surface area contributed by atoms with Crippen LogP contribution in [0.3, 0.4) is 0 Å². The Kier molecular flexibility index (Phi) is 2.68. The number of pyridine rings is 1. The molecular weight excluding hydrogens is 265 g/mol. The Morgan fingerprint density at radius 3 is 2.90 bits per heavy atom. The number of rotatable bonds is 1. The molecule has 0 amide bonds. The Labute approximate surface area is 122 Å². The van der Waals surface area contributed by atoms with E-state index in [2.05, 4.69) is 6.07 Å². The molecule has 0 bridgehead atoms. The molecule has 1 aromatic heterocycles. The second kappa shape index (κ2) is 4.56. The SMILES string of the molecule is N#Cc1cc2c(nc1N1CCc3ccc(F)cc31)CCC2. The minimum absolute atomic E-state index is 0.250. The van der Waals surface area contributed by atoms with Crippen molar-refractivity contribution in [1.29, 1.82) is 5.26 Å². The van der Waals surface area contributed by atoms with Gasteiger partial charge < -0.3 is 4.90 Å². The predicted molar refractivity (Wildman–Crippen MR) is 78.1 cm³/mol. The maximum atomic E-state index is 13.5. The van der Waals surface area contributed by atoms with Crippen LogP contribution in [0.15, 0.2) is 24.3 Å². The lowest BCUT2D eigenvalue weighted by Crippen LogP contribution is -2.17. The van der Waals surface area contributed by atoms with Crippen molar-refractivity contribution >= 4 is 11.5 Å². The van der Waals surface area contributed by atoms with Crippen LogP contribution >= 0.6 is 0 Å². The fraction of sp³-hybridized carbons (Fsp3) is 0.294. The van der Waals surface area contributed by atoms with Crippen LogP contribution in [-0.4, -0.2) is 11.5 Å². The fourth-order valence-corrected chi connectivity index (χ4v) is 3.32. The number of benzene rings is 1. The van der Waals surface area contributed by atoms with E-state index in [1.54, 1.807) is 6.07 Å². The summed E-state index contributed by atoms with van der Waals surface area (Å²) in [6, 6.07) is 9.06. The third-order valence-electron chi connectivity index (χ3n) is 4.35. The van der Waals surface area contributed by atoms with Crippen LogP contribution in [0.5, 0.6) is 0 Å². The Morgan fingerprint density at radius 1 is 1.14 bits per heavy atom. The zero-order chi connectivity index (χ0) is 14.4. The van der Waals surface area contributed by atoms with Gasteiger partial charge in [-0.1, -0.05) is 6.07 Å². The number of nitriles is 1. The van der Waals surface area contributed by atoms with Crippen LogP contribution < -0.4 is 4.90 Å². The van der Waals surface area contributed by atoms with Gasteiger partial charge in [-0.2, -0.15) is 5.26 Å². The van der Waals surface area contributed by atoms with Crippen LogP contribution in [-0.2, 0) is 19.3 Å². The van der Waals surface area contributed by atoms with Crippen molar-refractivity contribution < 1.29 is 4.39 Å². The first-order valence-electron chi connectivity index (χ1n) is 7.25. The van der Waals surface area contributed by atoms with E-state index in [1.807, 2.05) is 17.0 Å². The second-order valence-corrected chi connectivity index (χ2v) is 5.61. The Morgan fingerprint density at radius 2 is 2.05 bits per heavy atom. The van der Waals surface area contributed by atoms with Gasteiger partial charge in [0, 0.05) is 17.9 Å². The second-order valence-electron chi connectivity index (χ2n) is 5.61. The molecule has 1 aliphatic heterocycles. The van der Waals surface area contributed by atoms with Gasteiger partial charge in [0.05, 0.1) is 5.56 Å². The molecule has 0 atom stereocenters. The van der Waals surface area contributed by atoms with E-state index >= 15 is 0 Å². The lowest BCUT2D eigenvalue weighted by molar-refractivity contribution is 0.628. The zero-order valence-corrected chi connectivity index (χ0v) is 11.6. The first kappa shape index (κ1) is 12.3. The lowest BCUT2D eigenvalue weighted by Gasteiger charge is -2.20. The van der Waals surface area contributed by atoms with Crippen LogP contribution in [0.2, 0.25) is 0 Å². The third-order valence-corrected chi connectivity index (χ3v) is 4.35. The number of anilines is 2. The Bertz CT molecular complexity index is 776. The van der Waals surface area contributed by atoms with Crippen molar-refractivity contribution in [2.24, 2.45) is 0 Å². The van der Waals surface area contributed by atoms with Gasteiger partial charge in [-0.05, 0) is 55.0 Å². The summed E-state index contributed by atoms with van der Waals surface area (Å²) in [7, 11) is 0. The summed E-state index contributed by atoms with van der Waals surface area (Å²) in [6.45, 7) is 0.749. The molecule has 0 unspecified atom stereocenters. The maximum Gasteiger partial charge on any atom is 0.151 e. The zero-order valence-electron chi connectivity index (χ0n) is 11.6.